The zero-order chi connectivity index (χ0) is 9.90. The van der Waals surface area contributed by atoms with Gasteiger partial charge in [0.05, 0.1) is 0 Å². The van der Waals surface area contributed by atoms with Crippen LogP contribution in [0, 0.1) is 0 Å². The molecule has 0 fully saturated rings. The van der Waals surface area contributed by atoms with Crippen molar-refractivity contribution in [3.05, 3.63) is 30.3 Å². The van der Waals surface area contributed by atoms with E-state index in [0.717, 1.165) is 0 Å². The number of hydrogen-bond donors (Lipinski definition) is 2. The first kappa shape index (κ1) is 18.1. The van der Waals surface area contributed by atoms with Crippen LogP contribution in [0.15, 0.2) is 30.3 Å². The Hall–Kier alpha value is 0.680. The molecule has 15 heavy (non-hydrogen) atoms. The van der Waals surface area contributed by atoms with Gasteiger partial charge < -0.3 is 14.5 Å². The number of hydrogen-bond acceptors (Lipinski definition) is 3. The SMILES string of the molecule is O=C(O)P(=O)(O)Oc1ccccc1.[Na].[Na]. The van der Waals surface area contributed by atoms with Crippen LogP contribution in [0.4, 0.5) is 4.79 Å². The van der Waals surface area contributed by atoms with Gasteiger partial charge in [-0.05, 0) is 12.1 Å². The summed E-state index contributed by atoms with van der Waals surface area (Å²) < 4.78 is 15.2. The molecule has 0 bridgehead atoms. The van der Waals surface area contributed by atoms with Crippen LogP contribution in [-0.2, 0) is 4.57 Å². The van der Waals surface area contributed by atoms with Gasteiger partial charge in [-0.2, -0.15) is 0 Å². The van der Waals surface area contributed by atoms with Crippen LogP contribution in [0.2, 0.25) is 0 Å². The van der Waals surface area contributed by atoms with Gasteiger partial charge in [0, 0.05) is 59.1 Å². The van der Waals surface area contributed by atoms with Crippen molar-refractivity contribution < 1.29 is 23.9 Å². The molecule has 0 aliphatic heterocycles. The van der Waals surface area contributed by atoms with Crippen molar-refractivity contribution in [2.75, 3.05) is 0 Å². The zero-order valence-electron chi connectivity index (χ0n) is 8.45. The summed E-state index contributed by atoms with van der Waals surface area (Å²) in [7, 11) is -4.57. The second-order valence-corrected chi connectivity index (χ2v) is 3.81. The summed E-state index contributed by atoms with van der Waals surface area (Å²) in [5.41, 5.74) is -1.86. The number of benzene rings is 1. The van der Waals surface area contributed by atoms with Crippen molar-refractivity contribution in [3.63, 3.8) is 0 Å². The second kappa shape index (κ2) is 7.87. The molecule has 1 atom stereocenters. The van der Waals surface area contributed by atoms with E-state index in [9.17, 15) is 9.36 Å². The summed E-state index contributed by atoms with van der Waals surface area (Å²) in [6.07, 6.45) is 0. The Morgan fingerprint density at radius 3 is 2.07 bits per heavy atom. The second-order valence-electron chi connectivity index (χ2n) is 2.21. The van der Waals surface area contributed by atoms with Gasteiger partial charge in [-0.25, -0.2) is 9.36 Å². The minimum absolute atomic E-state index is 0. The molecule has 0 saturated carbocycles. The zero-order valence-corrected chi connectivity index (χ0v) is 13.3. The van der Waals surface area contributed by atoms with Gasteiger partial charge in [-0.1, -0.05) is 18.2 Å². The molecule has 2 radical (unpaired) electrons. The first-order chi connectivity index (χ1) is 6.02. The molecule has 1 unspecified atom stereocenters. The molecule has 0 spiro atoms. The van der Waals surface area contributed by atoms with Crippen molar-refractivity contribution in [1.82, 2.24) is 0 Å². The Kier molecular flexibility index (Phi) is 9.48. The number of carbonyl (C=O) groups is 1. The molecule has 1 rings (SSSR count). The van der Waals surface area contributed by atoms with Crippen LogP contribution in [0.25, 0.3) is 0 Å². The van der Waals surface area contributed by atoms with Crippen LogP contribution >= 0.6 is 7.60 Å². The molecule has 8 heteroatoms. The van der Waals surface area contributed by atoms with Crippen molar-refractivity contribution in [3.8, 4) is 5.75 Å². The Bertz CT molecular complexity index is 356. The number of para-hydroxylation sites is 1. The fourth-order valence-electron chi connectivity index (χ4n) is 0.663. The molecule has 2 N–H and O–H groups in total. The third-order valence-electron chi connectivity index (χ3n) is 1.21. The van der Waals surface area contributed by atoms with E-state index in [-0.39, 0.29) is 64.9 Å². The van der Waals surface area contributed by atoms with Crippen molar-refractivity contribution >= 4 is 72.4 Å². The van der Waals surface area contributed by atoms with Gasteiger partial charge in [0.1, 0.15) is 5.75 Å². The maximum absolute atomic E-state index is 10.8. The largest absolute Gasteiger partial charge is 0.485 e. The van der Waals surface area contributed by atoms with Crippen molar-refractivity contribution in [1.29, 1.82) is 0 Å². The predicted octanol–water partition coefficient (Wildman–Crippen LogP) is 1.17. The topological polar surface area (TPSA) is 83.8 Å². The van der Waals surface area contributed by atoms with E-state index >= 15 is 0 Å². The number of carboxylic acid groups (broad SMARTS) is 1. The van der Waals surface area contributed by atoms with Crippen LogP contribution in [0.5, 0.6) is 5.75 Å². The average Bonchev–Trinajstić information content (AvgIpc) is 2.05. The third kappa shape index (κ3) is 6.09. The van der Waals surface area contributed by atoms with E-state index in [1.165, 1.54) is 12.1 Å². The summed E-state index contributed by atoms with van der Waals surface area (Å²) in [4.78, 5) is 19.0. The van der Waals surface area contributed by atoms with Gasteiger partial charge in [0.25, 0.3) is 0 Å². The predicted molar refractivity (Wildman–Crippen MR) is 56.4 cm³/mol. The molecule has 1 aromatic rings. The standard InChI is InChI=1S/C7H7O5P.2Na/c8-7(9)13(10,11)12-6-4-2-1-3-5-6;;/h1-5H,(H,8,9)(H,10,11);;. The minimum atomic E-state index is -4.57. The quantitative estimate of drug-likeness (QED) is 0.619. The van der Waals surface area contributed by atoms with Crippen molar-refractivity contribution in [2.24, 2.45) is 0 Å². The van der Waals surface area contributed by atoms with E-state index in [4.69, 9.17) is 10.00 Å². The van der Waals surface area contributed by atoms with E-state index < -0.39 is 13.3 Å². The van der Waals surface area contributed by atoms with Gasteiger partial charge in [-0.15, -0.1) is 0 Å². The summed E-state index contributed by atoms with van der Waals surface area (Å²) >= 11 is 0. The molecule has 72 valence electrons. The van der Waals surface area contributed by atoms with Crippen LogP contribution < -0.4 is 4.52 Å². The molecular formula is C7H7Na2O5P. The van der Waals surface area contributed by atoms with E-state index in [0.29, 0.717) is 0 Å². The summed E-state index contributed by atoms with van der Waals surface area (Å²) in [6, 6.07) is 7.60. The number of rotatable bonds is 3. The van der Waals surface area contributed by atoms with Gasteiger partial charge in [0.2, 0.25) is 0 Å². The Labute approximate surface area is 131 Å². The van der Waals surface area contributed by atoms with E-state index in [1.54, 1.807) is 18.2 Å². The fourth-order valence-corrected chi connectivity index (χ4v) is 1.15. The molecule has 0 aliphatic carbocycles. The Morgan fingerprint density at radius 2 is 1.67 bits per heavy atom. The van der Waals surface area contributed by atoms with Gasteiger partial charge in [0.15, 0.2) is 0 Å². The molecule has 0 saturated heterocycles. The first-order valence-electron chi connectivity index (χ1n) is 3.33. The smallest absolute Gasteiger partial charge is 0.471 e. The molecule has 5 nitrogen and oxygen atoms in total. The fraction of sp³-hybridized carbons (Fsp3) is 0. The third-order valence-corrected chi connectivity index (χ3v) is 2.16. The molecule has 1 aromatic carbocycles. The normalized spacial score (nSPS) is 12.6. The average molecular weight is 248 g/mol. The molecule has 0 aliphatic rings. The van der Waals surface area contributed by atoms with E-state index in [2.05, 4.69) is 4.52 Å². The summed E-state index contributed by atoms with van der Waals surface area (Å²) in [5, 5.41) is 8.26. The Balaban J connectivity index is 0. The molecule has 0 aromatic heterocycles. The Morgan fingerprint density at radius 1 is 1.20 bits per heavy atom. The maximum atomic E-state index is 10.8. The van der Waals surface area contributed by atoms with Gasteiger partial charge >= 0.3 is 13.3 Å². The first-order valence-corrected chi connectivity index (χ1v) is 4.91. The summed E-state index contributed by atoms with van der Waals surface area (Å²) in [5.74, 6) is 0.0516. The van der Waals surface area contributed by atoms with Crippen LogP contribution in [-0.4, -0.2) is 74.8 Å². The van der Waals surface area contributed by atoms with E-state index in [1.807, 2.05) is 0 Å². The minimum Gasteiger partial charge on any atom is -0.471 e. The maximum Gasteiger partial charge on any atom is 0.485 e. The van der Waals surface area contributed by atoms with Crippen molar-refractivity contribution in [2.45, 2.75) is 0 Å². The summed E-state index contributed by atoms with van der Waals surface area (Å²) in [6.45, 7) is 0. The molecule has 0 amide bonds. The van der Waals surface area contributed by atoms with Crippen LogP contribution in [0.1, 0.15) is 0 Å². The molecular weight excluding hydrogens is 241 g/mol. The monoisotopic (exact) mass is 248 g/mol. The molecule has 0 heterocycles. The van der Waals surface area contributed by atoms with Crippen LogP contribution in [0.3, 0.4) is 0 Å². The van der Waals surface area contributed by atoms with Gasteiger partial charge in [-0.3, -0.25) is 0 Å².